The van der Waals surface area contributed by atoms with E-state index in [2.05, 4.69) is 5.32 Å². The van der Waals surface area contributed by atoms with E-state index in [1.54, 1.807) is 0 Å². The second kappa shape index (κ2) is 8.05. The molecule has 0 spiro atoms. The Morgan fingerprint density at radius 3 is 2.36 bits per heavy atom. The summed E-state index contributed by atoms with van der Waals surface area (Å²) in [7, 11) is 1.35. The zero-order chi connectivity index (χ0) is 18.4. The maximum absolute atomic E-state index is 13.3. The van der Waals surface area contributed by atoms with Gasteiger partial charge in [0.2, 0.25) is 11.7 Å². The summed E-state index contributed by atoms with van der Waals surface area (Å²) in [5, 5.41) is 2.57. The molecule has 0 saturated carbocycles. The van der Waals surface area contributed by atoms with Crippen LogP contribution in [0.15, 0.2) is 42.5 Å². The third kappa shape index (κ3) is 4.87. The number of nitrogens with one attached hydrogen (secondary N) is 1. The van der Waals surface area contributed by atoms with Gasteiger partial charge in [-0.15, -0.1) is 0 Å². The van der Waals surface area contributed by atoms with Crippen LogP contribution in [0.5, 0.6) is 5.75 Å². The Balaban J connectivity index is 2.01. The van der Waals surface area contributed by atoms with E-state index in [-0.39, 0.29) is 22.8 Å². The van der Waals surface area contributed by atoms with Crippen LogP contribution in [0.2, 0.25) is 0 Å². The minimum absolute atomic E-state index is 0.00342. The van der Waals surface area contributed by atoms with E-state index in [4.69, 9.17) is 9.47 Å². The van der Waals surface area contributed by atoms with Crippen LogP contribution in [0.25, 0.3) is 0 Å². The zero-order valence-electron chi connectivity index (χ0n) is 13.7. The highest BCUT2D eigenvalue weighted by molar-refractivity contribution is 6.01. The summed E-state index contributed by atoms with van der Waals surface area (Å²) in [6.07, 6.45) is 0. The molecule has 25 heavy (non-hydrogen) atoms. The Kier molecular flexibility index (Phi) is 5.84. The van der Waals surface area contributed by atoms with Crippen LogP contribution in [-0.4, -0.2) is 31.4 Å². The predicted octanol–water partition coefficient (Wildman–Crippen LogP) is 2.83. The van der Waals surface area contributed by atoms with Crippen molar-refractivity contribution >= 4 is 23.3 Å². The van der Waals surface area contributed by atoms with Crippen molar-refractivity contribution in [2.24, 2.45) is 0 Å². The van der Waals surface area contributed by atoms with Crippen LogP contribution in [0, 0.1) is 5.82 Å². The Labute approximate surface area is 143 Å². The van der Waals surface area contributed by atoms with Gasteiger partial charge in [-0.25, -0.2) is 9.18 Å². The van der Waals surface area contributed by atoms with Crippen molar-refractivity contribution in [3.05, 3.63) is 59.4 Å². The van der Waals surface area contributed by atoms with Crippen molar-refractivity contribution < 1.29 is 28.2 Å². The van der Waals surface area contributed by atoms with Crippen LogP contribution in [0.3, 0.4) is 0 Å². The van der Waals surface area contributed by atoms with Crippen molar-refractivity contribution in [1.29, 1.82) is 0 Å². The number of hydrogen-bond donors (Lipinski definition) is 1. The molecule has 0 fully saturated rings. The number of ether oxygens (including phenoxy) is 2. The Bertz CT molecular complexity index is 802. The van der Waals surface area contributed by atoms with Gasteiger partial charge in [0.25, 0.3) is 0 Å². The first-order chi connectivity index (χ1) is 11.9. The normalized spacial score (nSPS) is 10.0. The van der Waals surface area contributed by atoms with Gasteiger partial charge in [-0.05, 0) is 42.5 Å². The first kappa shape index (κ1) is 18.1. The van der Waals surface area contributed by atoms with Crippen LogP contribution in [0.4, 0.5) is 10.1 Å². The molecule has 0 heterocycles. The first-order valence-electron chi connectivity index (χ1n) is 7.32. The van der Waals surface area contributed by atoms with Gasteiger partial charge in [0.1, 0.15) is 11.6 Å². The Hall–Kier alpha value is -3.22. The molecule has 2 rings (SSSR count). The maximum Gasteiger partial charge on any atom is 0.338 e. The lowest BCUT2D eigenvalue weighted by atomic mass is 10.1. The van der Waals surface area contributed by atoms with Crippen molar-refractivity contribution in [3.8, 4) is 5.75 Å². The van der Waals surface area contributed by atoms with Crippen molar-refractivity contribution in [1.82, 2.24) is 0 Å². The van der Waals surface area contributed by atoms with Gasteiger partial charge < -0.3 is 14.8 Å². The molecule has 0 aliphatic heterocycles. The molecule has 2 aromatic carbocycles. The van der Waals surface area contributed by atoms with Gasteiger partial charge in [0.15, 0.2) is 6.61 Å². The molecule has 1 amide bonds. The number of anilines is 1. The summed E-state index contributed by atoms with van der Waals surface area (Å²) < 4.78 is 23.2. The lowest BCUT2D eigenvalue weighted by molar-refractivity contribution is -0.114. The molecule has 0 aromatic heterocycles. The molecule has 1 N–H and O–H groups in total. The van der Waals surface area contributed by atoms with E-state index < -0.39 is 24.2 Å². The average Bonchev–Trinajstić information content (AvgIpc) is 2.59. The van der Waals surface area contributed by atoms with Crippen LogP contribution in [-0.2, 0) is 9.53 Å². The third-order valence-corrected chi connectivity index (χ3v) is 3.24. The third-order valence-electron chi connectivity index (χ3n) is 3.24. The lowest BCUT2D eigenvalue weighted by Crippen LogP contribution is -2.15. The predicted molar refractivity (Wildman–Crippen MR) is 88.3 cm³/mol. The minimum Gasteiger partial charge on any atom is -0.496 e. The van der Waals surface area contributed by atoms with Gasteiger partial charge in [-0.3, -0.25) is 9.59 Å². The summed E-state index contributed by atoms with van der Waals surface area (Å²) in [5.41, 5.74) is 0.744. The molecule has 0 aliphatic carbocycles. The fourth-order valence-electron chi connectivity index (χ4n) is 2.08. The summed E-state index contributed by atoms with van der Waals surface area (Å²) >= 11 is 0. The molecular weight excluding hydrogens is 329 g/mol. The zero-order valence-corrected chi connectivity index (χ0v) is 13.7. The smallest absolute Gasteiger partial charge is 0.338 e. The minimum atomic E-state index is -0.710. The number of hydrogen-bond acceptors (Lipinski definition) is 5. The van der Waals surface area contributed by atoms with Crippen LogP contribution < -0.4 is 10.1 Å². The molecule has 6 nitrogen and oxygen atoms in total. The number of halogens is 1. The van der Waals surface area contributed by atoms with Crippen LogP contribution in [0.1, 0.15) is 27.6 Å². The maximum atomic E-state index is 13.3. The van der Waals surface area contributed by atoms with Gasteiger partial charge in [0.05, 0.1) is 18.2 Å². The highest BCUT2D eigenvalue weighted by Gasteiger charge is 2.16. The highest BCUT2D eigenvalue weighted by atomic mass is 19.1. The number of ketones is 1. The molecule has 0 bridgehead atoms. The summed E-state index contributed by atoms with van der Waals surface area (Å²) in [4.78, 5) is 35.0. The number of Topliss-reactive ketones (excluding diaryl/α,β-unsaturated/α-hetero) is 1. The second-order valence-electron chi connectivity index (χ2n) is 5.10. The summed E-state index contributed by atoms with van der Waals surface area (Å²) in [6.45, 7) is 0.820. The molecular formula is C18H16FNO5. The lowest BCUT2D eigenvalue weighted by Gasteiger charge is -2.09. The number of rotatable bonds is 6. The fourth-order valence-corrected chi connectivity index (χ4v) is 2.08. The van der Waals surface area contributed by atoms with Crippen molar-refractivity contribution in [3.63, 3.8) is 0 Å². The Morgan fingerprint density at radius 2 is 1.76 bits per heavy atom. The molecule has 7 heteroatoms. The molecule has 0 unspecified atom stereocenters. The SMILES string of the molecule is COc1ccc(F)cc1C(=O)COC(=O)c1ccc(NC(C)=O)cc1. The van der Waals surface area contributed by atoms with E-state index in [0.29, 0.717) is 5.69 Å². The van der Waals surface area contributed by atoms with Gasteiger partial charge >= 0.3 is 5.97 Å². The number of methoxy groups -OCH3 is 1. The van der Waals surface area contributed by atoms with E-state index in [0.717, 1.165) is 12.1 Å². The molecule has 0 saturated heterocycles. The molecule has 0 radical (unpaired) electrons. The number of esters is 1. The largest absolute Gasteiger partial charge is 0.496 e. The quantitative estimate of drug-likeness (QED) is 0.643. The van der Waals surface area contributed by atoms with E-state index in [9.17, 15) is 18.8 Å². The highest BCUT2D eigenvalue weighted by Crippen LogP contribution is 2.20. The van der Waals surface area contributed by atoms with Gasteiger partial charge in [0, 0.05) is 12.6 Å². The van der Waals surface area contributed by atoms with Crippen LogP contribution >= 0.6 is 0 Å². The standard InChI is InChI=1S/C18H16FNO5/c1-11(21)20-14-6-3-12(4-7-14)18(23)25-10-16(22)15-9-13(19)5-8-17(15)24-2/h3-9H,10H2,1-2H3,(H,20,21). The second-order valence-corrected chi connectivity index (χ2v) is 5.10. The number of carbonyl (C=O) groups excluding carboxylic acids is 3. The molecule has 0 atom stereocenters. The topological polar surface area (TPSA) is 81.7 Å². The first-order valence-corrected chi connectivity index (χ1v) is 7.32. The van der Waals surface area contributed by atoms with Crippen molar-refractivity contribution in [2.75, 3.05) is 19.0 Å². The fraction of sp³-hybridized carbons (Fsp3) is 0.167. The van der Waals surface area contributed by atoms with Gasteiger partial charge in [-0.2, -0.15) is 0 Å². The molecule has 2 aromatic rings. The molecule has 0 aliphatic rings. The van der Waals surface area contributed by atoms with E-state index in [1.807, 2.05) is 0 Å². The van der Waals surface area contributed by atoms with Gasteiger partial charge in [-0.1, -0.05) is 0 Å². The average molecular weight is 345 g/mol. The summed E-state index contributed by atoms with van der Waals surface area (Å²) in [5.74, 6) is -1.92. The Morgan fingerprint density at radius 1 is 1.08 bits per heavy atom. The summed E-state index contributed by atoms with van der Waals surface area (Å²) in [6, 6.07) is 9.51. The number of benzene rings is 2. The monoisotopic (exact) mass is 345 g/mol. The number of amides is 1. The van der Waals surface area contributed by atoms with E-state index in [1.165, 1.54) is 44.4 Å². The molecule has 130 valence electrons. The van der Waals surface area contributed by atoms with E-state index >= 15 is 0 Å². The van der Waals surface area contributed by atoms with Crippen molar-refractivity contribution in [2.45, 2.75) is 6.92 Å². The number of carbonyl (C=O) groups is 3.